The van der Waals surface area contributed by atoms with E-state index in [1.807, 2.05) is 12.1 Å². The molecule has 2 aromatic carbocycles. The molecule has 5 heteroatoms. The van der Waals surface area contributed by atoms with Crippen molar-refractivity contribution in [3.8, 4) is 17.0 Å². The summed E-state index contributed by atoms with van der Waals surface area (Å²) in [7, 11) is 1.69. The van der Waals surface area contributed by atoms with Crippen molar-refractivity contribution in [1.82, 2.24) is 4.57 Å². The largest absolute Gasteiger partial charge is 0.497 e. The quantitative estimate of drug-likeness (QED) is 0.628. The topological polar surface area (TPSA) is 35.8 Å². The molecule has 0 radical (unpaired) electrons. The van der Waals surface area contributed by atoms with Crippen molar-refractivity contribution in [3.05, 3.63) is 64.3 Å². The van der Waals surface area contributed by atoms with Crippen LogP contribution in [0.1, 0.15) is 18.4 Å². The van der Waals surface area contributed by atoms with Crippen molar-refractivity contribution in [1.29, 1.82) is 0 Å². The van der Waals surface area contributed by atoms with E-state index in [1.54, 1.807) is 18.4 Å². The van der Waals surface area contributed by atoms with Crippen LogP contribution < -0.4 is 9.54 Å². The van der Waals surface area contributed by atoms with E-state index in [0.29, 0.717) is 0 Å². The highest BCUT2D eigenvalue weighted by Gasteiger charge is 2.19. The van der Waals surface area contributed by atoms with Crippen molar-refractivity contribution in [2.45, 2.75) is 32.4 Å². The number of hydrogen-bond acceptors (Lipinski definition) is 4. The van der Waals surface area contributed by atoms with Crippen LogP contribution in [0.2, 0.25) is 0 Å². The monoisotopic (exact) mass is 380 g/mol. The van der Waals surface area contributed by atoms with Crippen LogP contribution in [0.4, 0.5) is 5.69 Å². The number of benzene rings is 2. The Labute approximate surface area is 163 Å². The van der Waals surface area contributed by atoms with E-state index in [-0.39, 0.29) is 6.10 Å². The first-order valence-corrected chi connectivity index (χ1v) is 10.2. The zero-order valence-corrected chi connectivity index (χ0v) is 16.5. The van der Waals surface area contributed by atoms with E-state index in [2.05, 4.69) is 53.3 Å². The minimum absolute atomic E-state index is 0.258. The average Bonchev–Trinajstić information content (AvgIpc) is 3.35. The summed E-state index contributed by atoms with van der Waals surface area (Å²) in [6.07, 6.45) is 2.50. The normalized spacial score (nSPS) is 17.4. The van der Waals surface area contributed by atoms with Gasteiger partial charge in [-0.2, -0.15) is 0 Å². The number of ether oxygens (including phenoxy) is 2. The van der Waals surface area contributed by atoms with Gasteiger partial charge < -0.3 is 14.0 Å². The molecule has 2 heterocycles. The van der Waals surface area contributed by atoms with Crippen molar-refractivity contribution in [3.63, 3.8) is 0 Å². The van der Waals surface area contributed by atoms with Crippen molar-refractivity contribution >= 4 is 17.0 Å². The Morgan fingerprint density at radius 2 is 1.93 bits per heavy atom. The van der Waals surface area contributed by atoms with Gasteiger partial charge in [0.2, 0.25) is 0 Å². The number of rotatable bonds is 5. The van der Waals surface area contributed by atoms with Gasteiger partial charge in [-0.25, -0.2) is 4.99 Å². The van der Waals surface area contributed by atoms with Crippen molar-refractivity contribution in [2.75, 3.05) is 13.7 Å². The third-order valence-corrected chi connectivity index (χ3v) is 5.72. The summed E-state index contributed by atoms with van der Waals surface area (Å²) >= 11 is 1.67. The summed E-state index contributed by atoms with van der Waals surface area (Å²) in [6, 6.07) is 16.5. The van der Waals surface area contributed by atoms with Crippen LogP contribution in [0.5, 0.6) is 5.75 Å². The molecule has 0 amide bonds. The van der Waals surface area contributed by atoms with Gasteiger partial charge >= 0.3 is 0 Å². The van der Waals surface area contributed by atoms with Crippen LogP contribution >= 0.6 is 11.3 Å². The molecule has 0 aliphatic carbocycles. The minimum atomic E-state index is 0.258. The van der Waals surface area contributed by atoms with Gasteiger partial charge in [-0.3, -0.25) is 0 Å². The first kappa shape index (κ1) is 18.0. The fourth-order valence-electron chi connectivity index (χ4n) is 3.31. The molecular weight excluding hydrogens is 356 g/mol. The van der Waals surface area contributed by atoms with E-state index in [4.69, 9.17) is 14.5 Å². The Balaban J connectivity index is 1.76. The predicted octanol–water partition coefficient (Wildman–Crippen LogP) is 4.95. The van der Waals surface area contributed by atoms with Gasteiger partial charge in [-0.05, 0) is 61.7 Å². The second kappa shape index (κ2) is 8.11. The molecule has 3 aromatic rings. The summed E-state index contributed by atoms with van der Waals surface area (Å²) in [5.74, 6) is 0.865. The summed E-state index contributed by atoms with van der Waals surface area (Å²) in [5, 5.41) is 2.18. The molecule has 1 atom stereocenters. The van der Waals surface area contributed by atoms with E-state index in [0.717, 1.165) is 47.8 Å². The molecule has 1 saturated heterocycles. The first-order valence-electron chi connectivity index (χ1n) is 9.29. The highest BCUT2D eigenvalue weighted by atomic mass is 32.1. The molecule has 4 rings (SSSR count). The molecule has 0 saturated carbocycles. The number of hydrogen-bond donors (Lipinski definition) is 0. The lowest BCUT2D eigenvalue weighted by Crippen LogP contribution is -2.24. The Bertz CT molecular complexity index is 949. The summed E-state index contributed by atoms with van der Waals surface area (Å²) in [5.41, 5.74) is 4.55. The van der Waals surface area contributed by atoms with Gasteiger partial charge in [-0.15, -0.1) is 11.3 Å². The molecule has 1 aliphatic heterocycles. The van der Waals surface area contributed by atoms with Crippen molar-refractivity contribution in [2.24, 2.45) is 4.99 Å². The maximum Gasteiger partial charge on any atom is 0.190 e. The Kier molecular flexibility index (Phi) is 5.41. The number of nitrogens with zero attached hydrogens (tertiary/aromatic N) is 2. The lowest BCUT2D eigenvalue weighted by Gasteiger charge is -2.14. The van der Waals surface area contributed by atoms with Gasteiger partial charge in [0.05, 0.1) is 31.1 Å². The lowest BCUT2D eigenvalue weighted by molar-refractivity contribution is 0.0968. The molecule has 1 aromatic heterocycles. The number of aryl methyl sites for hydroxylation is 1. The Morgan fingerprint density at radius 1 is 1.15 bits per heavy atom. The second-order valence-electron chi connectivity index (χ2n) is 6.83. The third-order valence-electron chi connectivity index (χ3n) is 4.85. The molecule has 4 nitrogen and oxygen atoms in total. The minimum Gasteiger partial charge on any atom is -0.497 e. The van der Waals surface area contributed by atoms with Crippen LogP contribution in [0.15, 0.2) is 58.9 Å². The standard InChI is InChI=1S/C22H24N2O2S/c1-16-5-9-18(10-6-16)23-22-24(14-20-4-3-13-26-20)21(15-27-22)17-7-11-19(25-2)12-8-17/h5-12,15,20H,3-4,13-14H2,1-2H3. The van der Waals surface area contributed by atoms with Crippen LogP contribution in [-0.4, -0.2) is 24.4 Å². The van der Waals surface area contributed by atoms with E-state index in [1.165, 1.54) is 11.3 Å². The first-order chi connectivity index (χ1) is 13.2. The molecule has 1 aliphatic rings. The number of thiazole rings is 1. The fourth-order valence-corrected chi connectivity index (χ4v) is 4.25. The second-order valence-corrected chi connectivity index (χ2v) is 7.66. The maximum atomic E-state index is 5.90. The zero-order valence-electron chi connectivity index (χ0n) is 15.7. The highest BCUT2D eigenvalue weighted by Crippen LogP contribution is 2.25. The average molecular weight is 381 g/mol. The van der Waals surface area contributed by atoms with Crippen molar-refractivity contribution < 1.29 is 9.47 Å². The SMILES string of the molecule is COc1ccc(-c2csc(=Nc3ccc(C)cc3)n2CC2CCCO2)cc1. The predicted molar refractivity (Wildman–Crippen MR) is 110 cm³/mol. The van der Waals surface area contributed by atoms with Gasteiger partial charge in [0, 0.05) is 12.0 Å². The Hall–Kier alpha value is -2.37. The van der Waals surface area contributed by atoms with E-state index < -0.39 is 0 Å². The molecule has 140 valence electrons. The number of aromatic nitrogens is 1. The summed E-state index contributed by atoms with van der Waals surface area (Å²) in [4.78, 5) is 5.91. The van der Waals surface area contributed by atoms with Gasteiger partial charge in [-0.1, -0.05) is 17.7 Å². The molecule has 0 N–H and O–H groups in total. The maximum absolute atomic E-state index is 5.90. The van der Waals surface area contributed by atoms with Crippen LogP contribution in [0.25, 0.3) is 11.3 Å². The van der Waals surface area contributed by atoms with Gasteiger partial charge in [0.25, 0.3) is 0 Å². The number of methoxy groups -OCH3 is 1. The van der Waals surface area contributed by atoms with E-state index in [9.17, 15) is 0 Å². The molecule has 1 unspecified atom stereocenters. The Morgan fingerprint density at radius 3 is 2.59 bits per heavy atom. The fraction of sp³-hybridized carbons (Fsp3) is 0.318. The molecule has 27 heavy (non-hydrogen) atoms. The third kappa shape index (κ3) is 4.15. The molecule has 0 bridgehead atoms. The van der Waals surface area contributed by atoms with Gasteiger partial charge in [0.1, 0.15) is 5.75 Å². The molecule has 1 fully saturated rings. The van der Waals surface area contributed by atoms with E-state index >= 15 is 0 Å². The van der Waals surface area contributed by atoms with Crippen LogP contribution in [0.3, 0.4) is 0 Å². The highest BCUT2D eigenvalue weighted by molar-refractivity contribution is 7.07. The smallest absolute Gasteiger partial charge is 0.190 e. The molecular formula is C22H24N2O2S. The zero-order chi connectivity index (χ0) is 18.6. The van der Waals surface area contributed by atoms with Crippen LogP contribution in [0, 0.1) is 6.92 Å². The molecule has 0 spiro atoms. The summed E-state index contributed by atoms with van der Waals surface area (Å²) < 4.78 is 13.5. The van der Waals surface area contributed by atoms with Crippen LogP contribution in [-0.2, 0) is 11.3 Å². The summed E-state index contributed by atoms with van der Waals surface area (Å²) in [6.45, 7) is 3.78. The lowest BCUT2D eigenvalue weighted by atomic mass is 10.1. The van der Waals surface area contributed by atoms with Gasteiger partial charge in [0.15, 0.2) is 4.80 Å².